The molecule has 0 atom stereocenters. The van der Waals surface area contributed by atoms with Gasteiger partial charge >= 0.3 is 5.97 Å². The van der Waals surface area contributed by atoms with Gasteiger partial charge in [0.15, 0.2) is 0 Å². The molecular formula is C21H22FNO4. The van der Waals surface area contributed by atoms with Crippen LogP contribution in [0.5, 0.6) is 5.75 Å². The molecule has 0 heterocycles. The molecule has 0 aliphatic heterocycles. The summed E-state index contributed by atoms with van der Waals surface area (Å²) in [6.07, 6.45) is 2.97. The van der Waals surface area contributed by atoms with Crippen LogP contribution < -0.4 is 10.1 Å². The molecule has 0 aromatic heterocycles. The first kappa shape index (κ1) is 20.0. The molecule has 0 amide bonds. The fourth-order valence-electron chi connectivity index (χ4n) is 2.43. The van der Waals surface area contributed by atoms with Crippen LogP contribution in [0, 0.1) is 5.82 Å². The van der Waals surface area contributed by atoms with Gasteiger partial charge < -0.3 is 19.5 Å². The van der Waals surface area contributed by atoms with Gasteiger partial charge in [-0.05, 0) is 23.3 Å². The Balaban J connectivity index is 2.19. The van der Waals surface area contributed by atoms with Crippen molar-refractivity contribution in [3.8, 4) is 5.75 Å². The minimum absolute atomic E-state index is 0.146. The number of carbonyl (C=O) groups is 1. The molecular weight excluding hydrogens is 349 g/mol. The van der Waals surface area contributed by atoms with Crippen LogP contribution in [0.3, 0.4) is 0 Å². The van der Waals surface area contributed by atoms with Gasteiger partial charge in [0.05, 0.1) is 26.2 Å². The minimum atomic E-state index is -0.520. The first-order chi connectivity index (χ1) is 13.1. The van der Waals surface area contributed by atoms with Crippen LogP contribution in [0.4, 0.5) is 10.1 Å². The summed E-state index contributed by atoms with van der Waals surface area (Å²) in [6.45, 7) is 4.19. The van der Waals surface area contributed by atoms with Gasteiger partial charge in [-0.1, -0.05) is 30.3 Å². The van der Waals surface area contributed by atoms with E-state index < -0.39 is 11.8 Å². The zero-order valence-corrected chi connectivity index (χ0v) is 15.3. The van der Waals surface area contributed by atoms with Crippen LogP contribution >= 0.6 is 0 Å². The predicted octanol–water partition coefficient (Wildman–Crippen LogP) is 4.16. The molecule has 27 heavy (non-hydrogen) atoms. The second-order valence-corrected chi connectivity index (χ2v) is 5.52. The van der Waals surface area contributed by atoms with E-state index in [0.717, 1.165) is 5.56 Å². The molecule has 5 nitrogen and oxygen atoms in total. The number of ether oxygens (including phenoxy) is 3. The Kier molecular flexibility index (Phi) is 7.43. The Morgan fingerprint density at radius 2 is 2.00 bits per heavy atom. The maximum Gasteiger partial charge on any atom is 0.341 e. The number of carbonyl (C=O) groups excluding carboxylic acids is 1. The summed E-state index contributed by atoms with van der Waals surface area (Å²) in [5.74, 6) is -0.563. The molecule has 0 saturated heterocycles. The molecule has 0 fully saturated rings. The molecule has 0 saturated carbocycles. The molecule has 2 aromatic rings. The van der Waals surface area contributed by atoms with E-state index in [0.29, 0.717) is 23.5 Å². The average molecular weight is 371 g/mol. The van der Waals surface area contributed by atoms with Gasteiger partial charge in [-0.25, -0.2) is 9.18 Å². The maximum atomic E-state index is 14.1. The van der Waals surface area contributed by atoms with Crippen LogP contribution in [0.15, 0.2) is 61.4 Å². The van der Waals surface area contributed by atoms with E-state index >= 15 is 0 Å². The minimum Gasteiger partial charge on any atom is -0.503 e. The molecule has 0 spiro atoms. The number of rotatable bonds is 9. The third-order valence-corrected chi connectivity index (χ3v) is 3.72. The lowest BCUT2D eigenvalue weighted by Gasteiger charge is -2.13. The number of methoxy groups -OCH3 is 2. The van der Waals surface area contributed by atoms with E-state index in [4.69, 9.17) is 14.2 Å². The topological polar surface area (TPSA) is 56.8 Å². The van der Waals surface area contributed by atoms with Gasteiger partial charge in [0.25, 0.3) is 0 Å². The van der Waals surface area contributed by atoms with Gasteiger partial charge in [-0.15, -0.1) is 6.58 Å². The number of benzene rings is 2. The number of hydrogen-bond donors (Lipinski definition) is 1. The van der Waals surface area contributed by atoms with Crippen molar-refractivity contribution in [3.05, 3.63) is 78.3 Å². The Labute approximate surface area is 158 Å². The zero-order valence-electron chi connectivity index (χ0n) is 15.3. The van der Waals surface area contributed by atoms with Gasteiger partial charge in [0.2, 0.25) is 0 Å². The maximum absolute atomic E-state index is 14.1. The van der Waals surface area contributed by atoms with Crippen molar-refractivity contribution < 1.29 is 23.4 Å². The molecule has 6 heteroatoms. The average Bonchev–Trinajstić information content (AvgIpc) is 2.69. The van der Waals surface area contributed by atoms with Crippen molar-refractivity contribution in [2.24, 2.45) is 0 Å². The fraction of sp³-hybridized carbons (Fsp3) is 0.190. The standard InChI is InChI=1S/C21H22FNO4/c1-4-11-23-20-10-9-16(12-19(20)22)27-13-15-7-5-6-8-17(15)18(14-25-2)21(24)26-3/h4-10,12,14,23H,1,11,13H2,2-3H3. The fourth-order valence-corrected chi connectivity index (χ4v) is 2.43. The molecule has 142 valence electrons. The normalized spacial score (nSPS) is 10.9. The lowest BCUT2D eigenvalue weighted by molar-refractivity contribution is -0.133. The Morgan fingerprint density at radius 1 is 1.22 bits per heavy atom. The van der Waals surface area contributed by atoms with Gasteiger partial charge in [0, 0.05) is 12.6 Å². The number of hydrogen-bond acceptors (Lipinski definition) is 5. The zero-order chi connectivity index (χ0) is 19.6. The first-order valence-electron chi connectivity index (χ1n) is 8.27. The molecule has 0 aliphatic rings. The molecule has 0 radical (unpaired) electrons. The summed E-state index contributed by atoms with van der Waals surface area (Å²) >= 11 is 0. The van der Waals surface area contributed by atoms with E-state index in [-0.39, 0.29) is 12.2 Å². The smallest absolute Gasteiger partial charge is 0.341 e. The largest absolute Gasteiger partial charge is 0.503 e. The van der Waals surface area contributed by atoms with Crippen LogP contribution in [0.25, 0.3) is 5.57 Å². The quantitative estimate of drug-likeness (QED) is 0.310. The molecule has 0 bridgehead atoms. The third-order valence-electron chi connectivity index (χ3n) is 3.72. The summed E-state index contributed by atoms with van der Waals surface area (Å²) in [4.78, 5) is 12.0. The number of nitrogens with one attached hydrogen (secondary N) is 1. The predicted molar refractivity (Wildman–Crippen MR) is 103 cm³/mol. The first-order valence-corrected chi connectivity index (χ1v) is 8.27. The highest BCUT2D eigenvalue weighted by molar-refractivity contribution is 6.16. The van der Waals surface area contributed by atoms with Crippen LogP contribution in [-0.4, -0.2) is 26.7 Å². The highest BCUT2D eigenvalue weighted by Crippen LogP contribution is 2.24. The van der Waals surface area contributed by atoms with Crippen molar-refractivity contribution >= 4 is 17.2 Å². The van der Waals surface area contributed by atoms with Crippen LogP contribution in [0.2, 0.25) is 0 Å². The van der Waals surface area contributed by atoms with Crippen molar-refractivity contribution in [2.45, 2.75) is 6.61 Å². The SMILES string of the molecule is C=CCNc1ccc(OCc2ccccc2C(=COC)C(=O)OC)cc1F. The Hall–Kier alpha value is -3.28. The lowest BCUT2D eigenvalue weighted by atomic mass is 10.0. The Bertz CT molecular complexity index is 833. The molecule has 2 aromatic carbocycles. The summed E-state index contributed by atoms with van der Waals surface area (Å²) < 4.78 is 29.6. The summed E-state index contributed by atoms with van der Waals surface area (Å²) in [7, 11) is 2.75. The molecule has 0 unspecified atom stereocenters. The monoisotopic (exact) mass is 371 g/mol. The van der Waals surface area contributed by atoms with Crippen molar-refractivity contribution in [2.75, 3.05) is 26.1 Å². The van der Waals surface area contributed by atoms with Crippen molar-refractivity contribution in [1.82, 2.24) is 0 Å². The van der Waals surface area contributed by atoms with Crippen LogP contribution in [-0.2, 0) is 20.9 Å². The summed E-state index contributed by atoms with van der Waals surface area (Å²) in [5.41, 5.74) is 2.00. The van der Waals surface area contributed by atoms with Crippen molar-refractivity contribution in [1.29, 1.82) is 0 Å². The second kappa shape index (κ2) is 10.0. The van der Waals surface area contributed by atoms with Crippen LogP contribution in [0.1, 0.15) is 11.1 Å². The van der Waals surface area contributed by atoms with Gasteiger partial charge in [0.1, 0.15) is 23.7 Å². The van der Waals surface area contributed by atoms with E-state index in [1.165, 1.54) is 26.5 Å². The third kappa shape index (κ3) is 5.34. The lowest BCUT2D eigenvalue weighted by Crippen LogP contribution is -2.08. The van der Waals surface area contributed by atoms with E-state index in [2.05, 4.69) is 11.9 Å². The van der Waals surface area contributed by atoms with Gasteiger partial charge in [-0.2, -0.15) is 0 Å². The summed E-state index contributed by atoms with van der Waals surface area (Å²) in [6, 6.07) is 11.8. The van der Waals surface area contributed by atoms with E-state index in [9.17, 15) is 9.18 Å². The number of halogens is 1. The highest BCUT2D eigenvalue weighted by Gasteiger charge is 2.17. The molecule has 2 rings (SSSR count). The van der Waals surface area contributed by atoms with E-state index in [1.54, 1.807) is 30.3 Å². The molecule has 0 aliphatic carbocycles. The highest BCUT2D eigenvalue weighted by atomic mass is 19.1. The Morgan fingerprint density at radius 3 is 2.67 bits per heavy atom. The second-order valence-electron chi connectivity index (χ2n) is 5.52. The van der Waals surface area contributed by atoms with Crippen molar-refractivity contribution in [3.63, 3.8) is 0 Å². The summed E-state index contributed by atoms with van der Waals surface area (Å²) in [5, 5.41) is 2.90. The number of anilines is 1. The number of esters is 1. The molecule has 1 N–H and O–H groups in total. The van der Waals surface area contributed by atoms with Gasteiger partial charge in [-0.3, -0.25) is 0 Å². The van der Waals surface area contributed by atoms with E-state index in [1.807, 2.05) is 12.1 Å².